The second-order valence-electron chi connectivity index (χ2n) is 5.85. The Balaban J connectivity index is 1.85. The van der Waals surface area contributed by atoms with Crippen LogP contribution in [-0.2, 0) is 4.79 Å². The Morgan fingerprint density at radius 1 is 1.15 bits per heavy atom. The second kappa shape index (κ2) is 6.99. The normalized spacial score (nSPS) is 19.7. The number of hydrogen-bond acceptors (Lipinski definition) is 4. The van der Waals surface area contributed by atoms with Crippen molar-refractivity contribution in [2.24, 2.45) is 5.10 Å². The first-order valence-corrected chi connectivity index (χ1v) is 7.84. The molecule has 1 aliphatic rings. The number of rotatable bonds is 4. The molecule has 0 bridgehead atoms. The lowest BCUT2D eigenvalue weighted by Crippen LogP contribution is -2.57. The molecule has 3 rings (SSSR count). The molecule has 0 saturated heterocycles. The maximum atomic E-state index is 13.5. The summed E-state index contributed by atoms with van der Waals surface area (Å²) in [6.45, 7) is -0.747. The van der Waals surface area contributed by atoms with Gasteiger partial charge in [-0.1, -0.05) is 30.3 Å². The lowest BCUT2D eigenvalue weighted by Gasteiger charge is -2.32. The topological polar surface area (TPSA) is 62.1 Å². The molecule has 27 heavy (non-hydrogen) atoms. The molecular formula is C18H14F4N2O3. The highest BCUT2D eigenvalue weighted by Gasteiger charge is 2.63. The molecule has 0 spiro atoms. The Hall–Kier alpha value is -2.94. The molecule has 142 valence electrons. The van der Waals surface area contributed by atoms with E-state index in [1.807, 2.05) is 0 Å². The Morgan fingerprint density at radius 3 is 2.37 bits per heavy atom. The Labute approximate surface area is 151 Å². The molecule has 1 amide bonds. The van der Waals surface area contributed by atoms with Gasteiger partial charge in [0.25, 0.3) is 11.6 Å². The van der Waals surface area contributed by atoms with E-state index in [0.717, 1.165) is 12.1 Å². The van der Waals surface area contributed by atoms with Crippen LogP contribution in [0.25, 0.3) is 0 Å². The van der Waals surface area contributed by atoms with Crippen LogP contribution >= 0.6 is 0 Å². The molecule has 5 nitrogen and oxygen atoms in total. The summed E-state index contributed by atoms with van der Waals surface area (Å²) in [6.07, 6.45) is -6.13. The first-order valence-electron chi connectivity index (χ1n) is 7.84. The van der Waals surface area contributed by atoms with Crippen molar-refractivity contribution < 1.29 is 32.2 Å². The Morgan fingerprint density at radius 2 is 1.78 bits per heavy atom. The summed E-state index contributed by atoms with van der Waals surface area (Å²) in [6, 6.07) is 12.6. The first kappa shape index (κ1) is 18.8. The monoisotopic (exact) mass is 382 g/mol. The average Bonchev–Trinajstić information content (AvgIpc) is 3.00. The van der Waals surface area contributed by atoms with Crippen molar-refractivity contribution in [1.29, 1.82) is 0 Å². The molecule has 2 aromatic rings. The molecule has 0 aliphatic carbocycles. The van der Waals surface area contributed by atoms with Crippen molar-refractivity contribution in [3.05, 3.63) is 66.0 Å². The van der Waals surface area contributed by atoms with Gasteiger partial charge in [-0.05, 0) is 29.8 Å². The summed E-state index contributed by atoms with van der Waals surface area (Å²) in [5, 5.41) is 13.8. The van der Waals surface area contributed by atoms with E-state index in [4.69, 9.17) is 4.74 Å². The van der Waals surface area contributed by atoms with Gasteiger partial charge < -0.3 is 9.84 Å². The standard InChI is InChI=1S/C18H14F4N2O3/c19-13-8-6-12(7-9-13)15-10-17(26,18(20,21)22)24(23-15)16(25)11-27-14-4-2-1-3-5-14/h1-9,26H,10-11H2. The summed E-state index contributed by atoms with van der Waals surface area (Å²) in [5.74, 6) is -1.47. The third-order valence-electron chi connectivity index (χ3n) is 3.96. The lowest BCUT2D eigenvalue weighted by atomic mass is 10.0. The molecule has 1 heterocycles. The predicted octanol–water partition coefficient (Wildman–Crippen LogP) is 3.09. The molecule has 0 fully saturated rings. The third kappa shape index (κ3) is 3.77. The molecule has 0 radical (unpaired) electrons. The second-order valence-corrected chi connectivity index (χ2v) is 5.85. The zero-order valence-electron chi connectivity index (χ0n) is 13.8. The quantitative estimate of drug-likeness (QED) is 0.827. The number of halogens is 4. The predicted molar refractivity (Wildman–Crippen MR) is 87.3 cm³/mol. The lowest BCUT2D eigenvalue weighted by molar-refractivity contribution is -0.302. The van der Waals surface area contributed by atoms with Gasteiger partial charge in [0.05, 0.1) is 12.1 Å². The molecule has 0 saturated carbocycles. The smallest absolute Gasteiger partial charge is 0.438 e. The van der Waals surface area contributed by atoms with Crippen LogP contribution < -0.4 is 4.74 Å². The summed E-state index contributed by atoms with van der Waals surface area (Å²) < 4.78 is 58.5. The van der Waals surface area contributed by atoms with Crippen LogP contribution in [-0.4, -0.2) is 40.2 Å². The van der Waals surface area contributed by atoms with Crippen molar-refractivity contribution in [1.82, 2.24) is 5.01 Å². The summed E-state index contributed by atoms with van der Waals surface area (Å²) in [7, 11) is 0. The molecule has 2 aromatic carbocycles. The van der Waals surface area contributed by atoms with Crippen molar-refractivity contribution in [2.75, 3.05) is 6.61 Å². The number of aliphatic hydroxyl groups is 1. The maximum absolute atomic E-state index is 13.5. The molecule has 1 atom stereocenters. The summed E-state index contributed by atoms with van der Waals surface area (Å²) in [5.41, 5.74) is -3.53. The number of para-hydroxylation sites is 1. The number of carbonyl (C=O) groups is 1. The minimum Gasteiger partial charge on any atom is -0.484 e. The SMILES string of the molecule is O=C(COc1ccccc1)N1N=C(c2ccc(F)cc2)CC1(O)C(F)(F)F. The number of ether oxygens (including phenoxy) is 1. The largest absolute Gasteiger partial charge is 0.484 e. The first-order chi connectivity index (χ1) is 12.7. The summed E-state index contributed by atoms with van der Waals surface area (Å²) >= 11 is 0. The van der Waals surface area contributed by atoms with E-state index in [2.05, 4.69) is 5.10 Å². The van der Waals surface area contributed by atoms with E-state index in [9.17, 15) is 27.5 Å². The van der Waals surface area contributed by atoms with E-state index < -0.39 is 36.7 Å². The van der Waals surface area contributed by atoms with E-state index in [1.165, 1.54) is 24.3 Å². The van der Waals surface area contributed by atoms with Crippen LogP contribution in [0.1, 0.15) is 12.0 Å². The van der Waals surface area contributed by atoms with Crippen LogP contribution in [0, 0.1) is 5.82 Å². The minimum absolute atomic E-state index is 0.0192. The number of amides is 1. The third-order valence-corrected chi connectivity index (χ3v) is 3.96. The number of nitrogens with zero attached hydrogens (tertiary/aromatic N) is 2. The van der Waals surface area contributed by atoms with Gasteiger partial charge in [0.1, 0.15) is 11.6 Å². The fourth-order valence-corrected chi connectivity index (χ4v) is 2.55. The van der Waals surface area contributed by atoms with Crippen LogP contribution in [0.15, 0.2) is 59.7 Å². The Kier molecular flexibility index (Phi) is 4.88. The van der Waals surface area contributed by atoms with Crippen molar-refractivity contribution in [3.8, 4) is 5.75 Å². The highest BCUT2D eigenvalue weighted by Crippen LogP contribution is 2.41. The number of hydrogen-bond donors (Lipinski definition) is 1. The summed E-state index contributed by atoms with van der Waals surface area (Å²) in [4.78, 5) is 12.3. The van der Waals surface area contributed by atoms with Gasteiger partial charge in [0.15, 0.2) is 6.61 Å². The number of alkyl halides is 3. The molecular weight excluding hydrogens is 368 g/mol. The van der Waals surface area contributed by atoms with Gasteiger partial charge in [-0.15, -0.1) is 0 Å². The van der Waals surface area contributed by atoms with E-state index in [-0.39, 0.29) is 22.0 Å². The van der Waals surface area contributed by atoms with Crippen LogP contribution in [0.3, 0.4) is 0 Å². The van der Waals surface area contributed by atoms with Crippen molar-refractivity contribution in [2.45, 2.75) is 18.3 Å². The molecule has 1 N–H and O–H groups in total. The Bertz CT molecular complexity index is 853. The minimum atomic E-state index is -5.15. The highest BCUT2D eigenvalue weighted by molar-refractivity contribution is 6.03. The van der Waals surface area contributed by atoms with E-state index in [1.54, 1.807) is 18.2 Å². The van der Waals surface area contributed by atoms with Gasteiger partial charge in [-0.3, -0.25) is 4.79 Å². The zero-order valence-corrected chi connectivity index (χ0v) is 13.8. The average molecular weight is 382 g/mol. The molecule has 9 heteroatoms. The fraction of sp³-hybridized carbons (Fsp3) is 0.222. The van der Waals surface area contributed by atoms with Crippen LogP contribution in [0.2, 0.25) is 0 Å². The number of benzene rings is 2. The van der Waals surface area contributed by atoms with Gasteiger partial charge in [0, 0.05) is 0 Å². The van der Waals surface area contributed by atoms with Gasteiger partial charge in [0.2, 0.25) is 0 Å². The number of carbonyl (C=O) groups excluding carboxylic acids is 1. The molecule has 1 aliphatic heterocycles. The zero-order chi connectivity index (χ0) is 19.7. The van der Waals surface area contributed by atoms with E-state index in [0.29, 0.717) is 0 Å². The van der Waals surface area contributed by atoms with Crippen molar-refractivity contribution in [3.63, 3.8) is 0 Å². The number of hydrazone groups is 1. The maximum Gasteiger partial charge on any atom is 0.438 e. The van der Waals surface area contributed by atoms with Gasteiger partial charge in [-0.2, -0.15) is 23.3 Å². The fourth-order valence-electron chi connectivity index (χ4n) is 2.55. The van der Waals surface area contributed by atoms with Crippen molar-refractivity contribution >= 4 is 11.6 Å². The van der Waals surface area contributed by atoms with Crippen LogP contribution in [0.5, 0.6) is 5.75 Å². The van der Waals surface area contributed by atoms with Gasteiger partial charge in [-0.25, -0.2) is 4.39 Å². The molecule has 1 unspecified atom stereocenters. The van der Waals surface area contributed by atoms with Crippen LogP contribution in [0.4, 0.5) is 17.6 Å². The van der Waals surface area contributed by atoms with E-state index >= 15 is 0 Å². The van der Waals surface area contributed by atoms with Gasteiger partial charge >= 0.3 is 6.18 Å². The highest BCUT2D eigenvalue weighted by atomic mass is 19.4. The molecule has 0 aromatic heterocycles.